The standard InChI is InChI=1S/C26H29FN4O3/c1-18(2)24-28-21-6-3-4-7-22(21)30(24)16-23(32)29-14-5-12-26(13-15-29)17-31(25(33)34-26)20-10-8-19(27)9-11-20/h3-4,6-11,18H,5,12-17H2,1-2H3/t26-/m1/s1. The topological polar surface area (TPSA) is 67.7 Å². The third kappa shape index (κ3) is 4.13. The van der Waals surface area contributed by atoms with Crippen LogP contribution in [0.1, 0.15) is 44.9 Å². The summed E-state index contributed by atoms with van der Waals surface area (Å²) in [7, 11) is 0. The van der Waals surface area contributed by atoms with E-state index in [1.165, 1.54) is 12.1 Å². The Morgan fingerprint density at radius 2 is 1.88 bits per heavy atom. The third-order valence-electron chi connectivity index (χ3n) is 6.85. The maximum Gasteiger partial charge on any atom is 0.415 e. The fraction of sp³-hybridized carbons (Fsp3) is 0.423. The van der Waals surface area contributed by atoms with Crippen molar-refractivity contribution in [1.29, 1.82) is 0 Å². The second-order valence-electron chi connectivity index (χ2n) is 9.55. The van der Waals surface area contributed by atoms with Crippen LogP contribution in [0.2, 0.25) is 0 Å². The Morgan fingerprint density at radius 1 is 1.12 bits per heavy atom. The van der Waals surface area contributed by atoms with Crippen LogP contribution in [0.3, 0.4) is 0 Å². The maximum absolute atomic E-state index is 13.3. The van der Waals surface area contributed by atoms with Crippen LogP contribution >= 0.6 is 0 Å². The van der Waals surface area contributed by atoms with E-state index in [0.29, 0.717) is 38.2 Å². The zero-order chi connectivity index (χ0) is 23.9. The van der Waals surface area contributed by atoms with Gasteiger partial charge < -0.3 is 14.2 Å². The smallest absolute Gasteiger partial charge is 0.415 e. The van der Waals surface area contributed by atoms with E-state index in [9.17, 15) is 14.0 Å². The monoisotopic (exact) mass is 464 g/mol. The molecule has 2 amide bonds. The maximum atomic E-state index is 13.3. The van der Waals surface area contributed by atoms with Gasteiger partial charge in [0.25, 0.3) is 0 Å². The molecule has 2 aliphatic rings. The summed E-state index contributed by atoms with van der Waals surface area (Å²) < 4.78 is 21.2. The molecule has 0 unspecified atom stereocenters. The lowest BCUT2D eigenvalue weighted by molar-refractivity contribution is -0.131. The summed E-state index contributed by atoms with van der Waals surface area (Å²) in [5.41, 5.74) is 1.84. The molecule has 1 aromatic heterocycles. The molecule has 1 spiro atoms. The quantitative estimate of drug-likeness (QED) is 0.561. The van der Waals surface area contributed by atoms with Gasteiger partial charge in [0.05, 0.1) is 17.6 Å². The van der Waals surface area contributed by atoms with Crippen LogP contribution < -0.4 is 4.90 Å². The van der Waals surface area contributed by atoms with Crippen molar-refractivity contribution in [2.24, 2.45) is 0 Å². The molecule has 8 heteroatoms. The van der Waals surface area contributed by atoms with Gasteiger partial charge in [-0.3, -0.25) is 9.69 Å². The Hall–Kier alpha value is -3.42. The Labute approximate surface area is 198 Å². The number of amides is 2. The van der Waals surface area contributed by atoms with Crippen LogP contribution in [0.5, 0.6) is 0 Å². The molecular weight excluding hydrogens is 435 g/mol. The summed E-state index contributed by atoms with van der Waals surface area (Å²) in [4.78, 5) is 34.1. The molecule has 3 aromatic rings. The average Bonchev–Trinajstić information content (AvgIpc) is 3.26. The number of likely N-dealkylation sites (tertiary alicyclic amines) is 1. The lowest BCUT2D eigenvalue weighted by atomic mass is 9.95. The van der Waals surface area contributed by atoms with Crippen molar-refractivity contribution in [2.45, 2.75) is 51.2 Å². The highest BCUT2D eigenvalue weighted by Gasteiger charge is 2.46. The molecule has 0 aliphatic carbocycles. The molecule has 0 N–H and O–H groups in total. The van der Waals surface area contributed by atoms with E-state index in [1.807, 2.05) is 33.7 Å². The number of ether oxygens (including phenoxy) is 1. The molecule has 5 rings (SSSR count). The van der Waals surface area contributed by atoms with Crippen molar-refractivity contribution in [1.82, 2.24) is 14.5 Å². The number of hydrogen-bond acceptors (Lipinski definition) is 4. The number of halogens is 1. The van der Waals surface area contributed by atoms with E-state index >= 15 is 0 Å². The number of hydrogen-bond donors (Lipinski definition) is 0. The number of para-hydroxylation sites is 2. The van der Waals surface area contributed by atoms with Crippen LogP contribution in [0.4, 0.5) is 14.9 Å². The van der Waals surface area contributed by atoms with Gasteiger partial charge in [0.2, 0.25) is 5.91 Å². The van der Waals surface area contributed by atoms with E-state index in [0.717, 1.165) is 23.3 Å². The van der Waals surface area contributed by atoms with Gasteiger partial charge in [-0.2, -0.15) is 0 Å². The third-order valence-corrected chi connectivity index (χ3v) is 6.85. The van der Waals surface area contributed by atoms with E-state index < -0.39 is 11.7 Å². The van der Waals surface area contributed by atoms with Crippen LogP contribution in [-0.2, 0) is 16.1 Å². The van der Waals surface area contributed by atoms with Gasteiger partial charge >= 0.3 is 6.09 Å². The highest BCUT2D eigenvalue weighted by molar-refractivity contribution is 5.90. The predicted molar refractivity (Wildman–Crippen MR) is 127 cm³/mol. The van der Waals surface area contributed by atoms with Crippen molar-refractivity contribution >= 4 is 28.7 Å². The molecular formula is C26H29FN4O3. The van der Waals surface area contributed by atoms with Crippen molar-refractivity contribution in [3.05, 3.63) is 60.2 Å². The van der Waals surface area contributed by atoms with Crippen molar-refractivity contribution < 1.29 is 18.7 Å². The van der Waals surface area contributed by atoms with Crippen LogP contribution in [0.25, 0.3) is 11.0 Å². The summed E-state index contributed by atoms with van der Waals surface area (Å²) >= 11 is 0. The van der Waals surface area contributed by atoms with Gasteiger partial charge in [0.15, 0.2) is 0 Å². The molecule has 7 nitrogen and oxygen atoms in total. The molecule has 2 aromatic carbocycles. The second-order valence-corrected chi connectivity index (χ2v) is 9.55. The highest BCUT2D eigenvalue weighted by atomic mass is 19.1. The van der Waals surface area contributed by atoms with Crippen molar-refractivity contribution in [3.63, 3.8) is 0 Å². The summed E-state index contributed by atoms with van der Waals surface area (Å²) in [6.45, 7) is 5.95. The van der Waals surface area contributed by atoms with E-state index in [4.69, 9.17) is 9.72 Å². The molecule has 1 atom stereocenters. The van der Waals surface area contributed by atoms with E-state index in [-0.39, 0.29) is 24.2 Å². The van der Waals surface area contributed by atoms with E-state index in [1.54, 1.807) is 17.0 Å². The van der Waals surface area contributed by atoms with Gasteiger partial charge in [-0.05, 0) is 49.2 Å². The largest absolute Gasteiger partial charge is 0.441 e. The van der Waals surface area contributed by atoms with Crippen LogP contribution in [-0.4, -0.2) is 51.7 Å². The van der Waals surface area contributed by atoms with Gasteiger partial charge in [-0.15, -0.1) is 0 Å². The highest BCUT2D eigenvalue weighted by Crippen LogP contribution is 2.36. The minimum absolute atomic E-state index is 0.0433. The first-order chi connectivity index (χ1) is 16.3. The Morgan fingerprint density at radius 3 is 2.65 bits per heavy atom. The predicted octanol–water partition coefficient (Wildman–Crippen LogP) is 4.71. The fourth-order valence-corrected chi connectivity index (χ4v) is 5.06. The summed E-state index contributed by atoms with van der Waals surface area (Å²) in [6, 6.07) is 13.7. The number of nitrogens with zero attached hydrogens (tertiary/aromatic N) is 4. The molecule has 34 heavy (non-hydrogen) atoms. The molecule has 2 aliphatic heterocycles. The molecule has 3 heterocycles. The van der Waals surface area contributed by atoms with Gasteiger partial charge in [0, 0.05) is 31.1 Å². The summed E-state index contributed by atoms with van der Waals surface area (Å²) in [5.74, 6) is 0.797. The average molecular weight is 465 g/mol. The molecule has 2 fully saturated rings. The number of fused-ring (bicyclic) bond motifs is 1. The minimum atomic E-state index is -0.634. The second kappa shape index (κ2) is 8.74. The van der Waals surface area contributed by atoms with Gasteiger partial charge in [-0.1, -0.05) is 26.0 Å². The Kier molecular flexibility index (Phi) is 5.75. The lowest BCUT2D eigenvalue weighted by Crippen LogP contribution is -2.38. The first-order valence-corrected chi connectivity index (χ1v) is 11.8. The molecule has 0 radical (unpaired) electrons. The number of anilines is 1. The lowest BCUT2D eigenvalue weighted by Gasteiger charge is -2.26. The first kappa shape index (κ1) is 22.4. The molecule has 2 saturated heterocycles. The number of rotatable bonds is 4. The SMILES string of the molecule is CC(C)c1nc2ccccc2n1CC(=O)N1CCC[C@@]2(CC1)CN(c1ccc(F)cc1)C(=O)O2. The van der Waals surface area contributed by atoms with Gasteiger partial charge in [0.1, 0.15) is 23.8 Å². The Bertz CT molecular complexity index is 1220. The van der Waals surface area contributed by atoms with E-state index in [2.05, 4.69) is 13.8 Å². The van der Waals surface area contributed by atoms with Crippen molar-refractivity contribution in [2.75, 3.05) is 24.5 Å². The Balaban J connectivity index is 1.30. The zero-order valence-electron chi connectivity index (χ0n) is 19.5. The molecule has 178 valence electrons. The van der Waals surface area contributed by atoms with Gasteiger partial charge in [-0.25, -0.2) is 14.2 Å². The number of aromatic nitrogens is 2. The van der Waals surface area contributed by atoms with Crippen molar-refractivity contribution in [3.8, 4) is 0 Å². The van der Waals surface area contributed by atoms with Crippen LogP contribution in [0.15, 0.2) is 48.5 Å². The summed E-state index contributed by atoms with van der Waals surface area (Å²) in [6.07, 6.45) is 1.59. The molecule has 0 saturated carbocycles. The minimum Gasteiger partial charge on any atom is -0.441 e. The normalized spacial score (nSPS) is 20.9. The summed E-state index contributed by atoms with van der Waals surface area (Å²) in [5, 5.41) is 0. The number of carbonyl (C=O) groups is 2. The number of benzene rings is 2. The number of carbonyl (C=O) groups excluding carboxylic acids is 2. The fourth-order valence-electron chi connectivity index (χ4n) is 5.06. The first-order valence-electron chi connectivity index (χ1n) is 11.8. The molecule has 0 bridgehead atoms. The number of imidazole rings is 1. The van der Waals surface area contributed by atoms with Crippen LogP contribution in [0, 0.1) is 5.82 Å². The zero-order valence-corrected chi connectivity index (χ0v) is 19.5.